The first kappa shape index (κ1) is 8.50. The lowest BCUT2D eigenvalue weighted by Crippen LogP contribution is -2.09. The summed E-state index contributed by atoms with van der Waals surface area (Å²) in [5.41, 5.74) is 1.15. The molecule has 1 nitrogen and oxygen atoms in total. The van der Waals surface area contributed by atoms with Gasteiger partial charge < -0.3 is 0 Å². The van der Waals surface area contributed by atoms with Crippen LogP contribution in [0.4, 0.5) is 5.69 Å². The molecule has 0 spiro atoms. The van der Waals surface area contributed by atoms with Gasteiger partial charge >= 0.3 is 0 Å². The van der Waals surface area contributed by atoms with Crippen molar-refractivity contribution in [2.45, 2.75) is 0 Å². The lowest BCUT2D eigenvalue weighted by molar-refractivity contribution is 0.912. The largest absolute Gasteiger partial charge is 0.294 e. The molecule has 1 radical (unpaired) electrons. The van der Waals surface area contributed by atoms with E-state index in [0.29, 0.717) is 0 Å². The third kappa shape index (κ3) is 2.48. The van der Waals surface area contributed by atoms with Gasteiger partial charge in [0, 0.05) is 12.1 Å². The summed E-state index contributed by atoms with van der Waals surface area (Å²) in [5, 5.41) is 0. The first-order valence-electron chi connectivity index (χ1n) is 3.44. The number of anilines is 1. The maximum absolute atomic E-state index is 3.65. The van der Waals surface area contributed by atoms with Gasteiger partial charge in [0.25, 0.3) is 16.1 Å². The second-order valence-corrected chi connectivity index (χ2v) is 3.03. The second kappa shape index (κ2) is 4.31. The molecule has 57 valence electrons. The standard InChI is InChI=1S/C9H10BrN/c1-2-8-11(10)9-6-4-3-5-7-9/h2-7H,1,8H2/q+1. The molecule has 0 atom stereocenters. The maximum atomic E-state index is 3.65. The first-order valence-corrected chi connectivity index (χ1v) is 4.15. The summed E-state index contributed by atoms with van der Waals surface area (Å²) in [6.07, 6.45) is 1.85. The average Bonchev–Trinajstić information content (AvgIpc) is 2.07. The summed E-state index contributed by atoms with van der Waals surface area (Å²) >= 11 is 3.41. The molecule has 11 heavy (non-hydrogen) atoms. The third-order valence-corrected chi connectivity index (χ3v) is 2.02. The minimum absolute atomic E-state index is 0.810. The zero-order chi connectivity index (χ0) is 8.10. The molecule has 0 aliphatic rings. The molecule has 0 aromatic heterocycles. The zero-order valence-electron chi connectivity index (χ0n) is 6.20. The van der Waals surface area contributed by atoms with Crippen LogP contribution in [-0.4, -0.2) is 6.54 Å². The number of halogens is 1. The van der Waals surface area contributed by atoms with Crippen molar-refractivity contribution in [2.24, 2.45) is 0 Å². The second-order valence-electron chi connectivity index (χ2n) is 2.17. The topological polar surface area (TPSA) is 5.90 Å². The Bertz CT molecular complexity index is 220. The van der Waals surface area contributed by atoms with Gasteiger partial charge in [-0.3, -0.25) is 0 Å². The number of nitrogens with zero attached hydrogens (tertiary/aromatic N) is 1. The Morgan fingerprint density at radius 1 is 1.36 bits per heavy atom. The van der Waals surface area contributed by atoms with Crippen molar-refractivity contribution in [1.29, 1.82) is 0 Å². The van der Waals surface area contributed by atoms with E-state index in [1.54, 1.807) is 0 Å². The van der Waals surface area contributed by atoms with Crippen molar-refractivity contribution in [3.63, 3.8) is 0 Å². The average molecular weight is 212 g/mol. The van der Waals surface area contributed by atoms with Crippen LogP contribution in [0.1, 0.15) is 0 Å². The lowest BCUT2D eigenvalue weighted by atomic mass is 10.3. The number of hydrogen-bond acceptors (Lipinski definition) is 1. The maximum Gasteiger partial charge on any atom is 0.294 e. The molecular formula is C9H10BrN+. The molecule has 0 aliphatic heterocycles. The molecule has 2 heteroatoms. The van der Waals surface area contributed by atoms with Gasteiger partial charge in [0.2, 0.25) is 0 Å². The Kier molecular flexibility index (Phi) is 3.33. The summed E-state index contributed by atoms with van der Waals surface area (Å²) < 4.78 is 1.96. The quantitative estimate of drug-likeness (QED) is 0.536. The molecule has 0 aliphatic carbocycles. The predicted octanol–water partition coefficient (Wildman–Crippen LogP) is 2.95. The van der Waals surface area contributed by atoms with E-state index in [9.17, 15) is 0 Å². The normalized spacial score (nSPS) is 10.0. The van der Waals surface area contributed by atoms with Gasteiger partial charge in [0.05, 0.1) is 0 Å². The predicted molar refractivity (Wildman–Crippen MR) is 52.2 cm³/mol. The summed E-state index contributed by atoms with van der Waals surface area (Å²) in [4.78, 5) is 0. The molecule has 1 rings (SSSR count). The van der Waals surface area contributed by atoms with Crippen molar-refractivity contribution in [1.82, 2.24) is 3.93 Å². The van der Waals surface area contributed by atoms with Crippen LogP contribution in [0.2, 0.25) is 0 Å². The molecule has 0 N–H and O–H groups in total. The molecule has 0 fully saturated rings. The highest BCUT2D eigenvalue weighted by molar-refractivity contribution is 9.08. The Labute approximate surface area is 75.7 Å². The monoisotopic (exact) mass is 211 g/mol. The Hall–Kier alpha value is -0.600. The zero-order valence-corrected chi connectivity index (χ0v) is 7.79. The Morgan fingerprint density at radius 2 is 2.00 bits per heavy atom. The third-order valence-electron chi connectivity index (χ3n) is 1.33. The molecule has 0 saturated carbocycles. The van der Waals surface area contributed by atoms with Gasteiger partial charge in [0.15, 0.2) is 12.2 Å². The minimum atomic E-state index is 0.810. The van der Waals surface area contributed by atoms with Crippen molar-refractivity contribution in [2.75, 3.05) is 6.54 Å². The van der Waals surface area contributed by atoms with Crippen LogP contribution in [0.3, 0.4) is 0 Å². The number of benzene rings is 1. The Morgan fingerprint density at radius 3 is 2.55 bits per heavy atom. The van der Waals surface area contributed by atoms with Crippen LogP contribution in [0.5, 0.6) is 0 Å². The number of para-hydroxylation sites is 1. The first-order chi connectivity index (χ1) is 5.34. The fraction of sp³-hybridized carbons (Fsp3) is 0.111. The van der Waals surface area contributed by atoms with E-state index in [1.165, 1.54) is 0 Å². The van der Waals surface area contributed by atoms with E-state index in [1.807, 2.05) is 40.3 Å². The smallest absolute Gasteiger partial charge is 0.0973 e. The summed E-state index contributed by atoms with van der Waals surface area (Å²) in [6, 6.07) is 10.1. The van der Waals surface area contributed by atoms with Crippen LogP contribution < -0.4 is 3.93 Å². The molecule has 0 bridgehead atoms. The minimum Gasteiger partial charge on any atom is -0.0973 e. The van der Waals surface area contributed by atoms with Gasteiger partial charge in [-0.25, -0.2) is 0 Å². The fourth-order valence-electron chi connectivity index (χ4n) is 0.809. The van der Waals surface area contributed by atoms with Gasteiger partial charge in [-0.05, 0) is 6.08 Å². The molecular weight excluding hydrogens is 202 g/mol. The molecule has 0 unspecified atom stereocenters. The van der Waals surface area contributed by atoms with Crippen molar-refractivity contribution in [3.8, 4) is 0 Å². The van der Waals surface area contributed by atoms with E-state index in [0.717, 1.165) is 12.2 Å². The van der Waals surface area contributed by atoms with Gasteiger partial charge in [-0.2, -0.15) is 0 Å². The molecule has 1 aromatic carbocycles. The van der Waals surface area contributed by atoms with Crippen LogP contribution in [0.15, 0.2) is 43.0 Å². The summed E-state index contributed by atoms with van der Waals surface area (Å²) in [7, 11) is 0. The van der Waals surface area contributed by atoms with Crippen LogP contribution in [0.25, 0.3) is 0 Å². The highest BCUT2D eigenvalue weighted by Crippen LogP contribution is 2.15. The van der Waals surface area contributed by atoms with Gasteiger partial charge in [-0.15, -0.1) is 0 Å². The van der Waals surface area contributed by atoms with E-state index >= 15 is 0 Å². The molecule has 0 heterocycles. The summed E-state index contributed by atoms with van der Waals surface area (Å²) in [5.74, 6) is 0. The highest BCUT2D eigenvalue weighted by atomic mass is 79.9. The van der Waals surface area contributed by atoms with E-state index < -0.39 is 0 Å². The van der Waals surface area contributed by atoms with Crippen LogP contribution in [-0.2, 0) is 0 Å². The fourth-order valence-corrected chi connectivity index (χ4v) is 1.25. The van der Waals surface area contributed by atoms with E-state index in [4.69, 9.17) is 0 Å². The highest BCUT2D eigenvalue weighted by Gasteiger charge is 2.11. The lowest BCUT2D eigenvalue weighted by Gasteiger charge is -1.97. The number of rotatable bonds is 3. The van der Waals surface area contributed by atoms with Crippen molar-refractivity contribution >= 4 is 21.8 Å². The number of hydrogen-bond donors (Lipinski definition) is 0. The molecule has 0 saturated heterocycles. The van der Waals surface area contributed by atoms with Crippen molar-refractivity contribution in [3.05, 3.63) is 43.0 Å². The molecule has 1 aromatic rings. The SMILES string of the molecule is C=CC[N+](Br)c1ccccc1. The van der Waals surface area contributed by atoms with Crippen LogP contribution >= 0.6 is 16.1 Å². The van der Waals surface area contributed by atoms with E-state index in [-0.39, 0.29) is 0 Å². The molecule has 0 amide bonds. The summed E-state index contributed by atoms with van der Waals surface area (Å²) in [6.45, 7) is 4.46. The van der Waals surface area contributed by atoms with Gasteiger partial charge in [0.1, 0.15) is 0 Å². The van der Waals surface area contributed by atoms with Gasteiger partial charge in [-0.1, -0.05) is 28.7 Å². The van der Waals surface area contributed by atoms with Crippen molar-refractivity contribution < 1.29 is 0 Å². The van der Waals surface area contributed by atoms with Crippen LogP contribution in [0, 0.1) is 0 Å². The van der Waals surface area contributed by atoms with E-state index in [2.05, 4.69) is 22.7 Å². The Balaban J connectivity index is 2.68.